The molecule has 2 rings (SSSR count). The van der Waals surface area contributed by atoms with Gasteiger partial charge in [-0.15, -0.1) is 0 Å². The van der Waals surface area contributed by atoms with Crippen LogP contribution < -0.4 is 11.1 Å². The molecule has 0 spiro atoms. The van der Waals surface area contributed by atoms with E-state index in [4.69, 9.17) is 10.5 Å². The molecule has 1 saturated carbocycles. The van der Waals surface area contributed by atoms with Crippen molar-refractivity contribution in [1.82, 2.24) is 0 Å². The van der Waals surface area contributed by atoms with Gasteiger partial charge in [-0.05, 0) is 69.7 Å². The van der Waals surface area contributed by atoms with Crippen LogP contribution in [0.25, 0.3) is 0 Å². The van der Waals surface area contributed by atoms with Crippen molar-refractivity contribution in [2.45, 2.75) is 45.6 Å². The molecule has 0 bridgehead atoms. The van der Waals surface area contributed by atoms with Crippen molar-refractivity contribution in [3.05, 3.63) is 29.3 Å². The van der Waals surface area contributed by atoms with E-state index in [0.29, 0.717) is 11.8 Å². The predicted octanol–water partition coefficient (Wildman–Crippen LogP) is 3.40. The van der Waals surface area contributed by atoms with Crippen molar-refractivity contribution in [3.8, 4) is 0 Å². The van der Waals surface area contributed by atoms with Gasteiger partial charge in [-0.1, -0.05) is 12.1 Å². The lowest BCUT2D eigenvalue weighted by Crippen LogP contribution is -2.27. The first-order chi connectivity index (χ1) is 9.30. The highest BCUT2D eigenvalue weighted by molar-refractivity contribution is 5.86. The van der Waals surface area contributed by atoms with Gasteiger partial charge in [-0.3, -0.25) is 5.32 Å². The summed E-state index contributed by atoms with van der Waals surface area (Å²) in [6, 6.07) is 6.15. The minimum Gasteiger partial charge on any atom is -0.444 e. The van der Waals surface area contributed by atoms with Crippen molar-refractivity contribution in [3.63, 3.8) is 0 Å². The second-order valence-corrected chi connectivity index (χ2v) is 6.54. The summed E-state index contributed by atoms with van der Waals surface area (Å²) in [5, 5.41) is 2.79. The van der Waals surface area contributed by atoms with E-state index in [-0.39, 0.29) is 0 Å². The lowest BCUT2D eigenvalue weighted by atomic mass is 10.0. The number of hydrogen-bond acceptors (Lipinski definition) is 3. The number of carbonyl (C=O) groups excluding carboxylic acids is 1. The van der Waals surface area contributed by atoms with Crippen LogP contribution in [0, 0.1) is 12.8 Å². The van der Waals surface area contributed by atoms with Crippen molar-refractivity contribution in [1.29, 1.82) is 0 Å². The Kier molecular flexibility index (Phi) is 4.04. The van der Waals surface area contributed by atoms with Gasteiger partial charge in [-0.25, -0.2) is 4.79 Å². The molecule has 1 aromatic carbocycles. The molecule has 4 nitrogen and oxygen atoms in total. The van der Waals surface area contributed by atoms with E-state index in [2.05, 4.69) is 17.4 Å². The van der Waals surface area contributed by atoms with Gasteiger partial charge in [0.2, 0.25) is 0 Å². The van der Waals surface area contributed by atoms with Crippen molar-refractivity contribution < 1.29 is 9.53 Å². The molecule has 20 heavy (non-hydrogen) atoms. The fraction of sp³-hybridized carbons (Fsp3) is 0.562. The number of hydrogen-bond donors (Lipinski definition) is 2. The summed E-state index contributed by atoms with van der Waals surface area (Å²) >= 11 is 0. The minimum absolute atomic E-state index is 0.417. The average Bonchev–Trinajstić information content (AvgIpc) is 3.08. The third-order valence-electron chi connectivity index (χ3n) is 3.54. The Hall–Kier alpha value is -1.55. The van der Waals surface area contributed by atoms with Gasteiger partial charge in [0.05, 0.1) is 0 Å². The molecule has 2 atom stereocenters. The molecule has 0 aliphatic heterocycles. The Bertz CT molecular complexity index is 506. The highest BCUT2D eigenvalue weighted by Gasteiger charge is 2.36. The van der Waals surface area contributed by atoms with Crippen molar-refractivity contribution in [2.75, 3.05) is 11.9 Å². The standard InChI is InChI=1S/C16H24N2O2/c1-10-7-11(13-8-12(13)9-17)5-6-14(10)18-15(19)20-16(2,3)4/h5-7,12-13H,8-9,17H2,1-4H3,(H,18,19)/t12-,13-/m0/s1. The van der Waals surface area contributed by atoms with Crippen LogP contribution in [0.1, 0.15) is 44.2 Å². The first kappa shape index (κ1) is 14.9. The first-order valence-corrected chi connectivity index (χ1v) is 7.11. The van der Waals surface area contributed by atoms with Gasteiger partial charge >= 0.3 is 6.09 Å². The summed E-state index contributed by atoms with van der Waals surface area (Å²) in [7, 11) is 0. The number of nitrogens with one attached hydrogen (secondary N) is 1. The maximum absolute atomic E-state index is 11.8. The summed E-state index contributed by atoms with van der Waals surface area (Å²) in [6.07, 6.45) is 0.758. The fourth-order valence-corrected chi connectivity index (χ4v) is 2.39. The van der Waals surface area contributed by atoms with Crippen LogP contribution in [-0.2, 0) is 4.74 Å². The van der Waals surface area contributed by atoms with Gasteiger partial charge in [0.1, 0.15) is 5.60 Å². The lowest BCUT2D eigenvalue weighted by Gasteiger charge is -2.20. The molecule has 1 aromatic rings. The van der Waals surface area contributed by atoms with Crippen LogP contribution in [0.15, 0.2) is 18.2 Å². The zero-order valence-corrected chi connectivity index (χ0v) is 12.7. The molecule has 4 heteroatoms. The molecule has 1 aliphatic carbocycles. The van der Waals surface area contributed by atoms with Crippen LogP contribution >= 0.6 is 0 Å². The minimum atomic E-state index is -0.486. The maximum Gasteiger partial charge on any atom is 0.412 e. The topological polar surface area (TPSA) is 64.3 Å². The number of carbonyl (C=O) groups is 1. The molecule has 1 aliphatic rings. The quantitative estimate of drug-likeness (QED) is 0.889. The molecule has 0 saturated heterocycles. The van der Waals surface area contributed by atoms with Gasteiger partial charge in [0, 0.05) is 5.69 Å². The highest BCUT2D eigenvalue weighted by atomic mass is 16.6. The van der Waals surface area contributed by atoms with Gasteiger partial charge in [0.15, 0.2) is 0 Å². The number of ether oxygens (including phenoxy) is 1. The number of amides is 1. The highest BCUT2D eigenvalue weighted by Crippen LogP contribution is 2.47. The zero-order chi connectivity index (χ0) is 14.9. The van der Waals surface area contributed by atoms with Crippen LogP contribution in [0.3, 0.4) is 0 Å². The summed E-state index contributed by atoms with van der Waals surface area (Å²) in [4.78, 5) is 11.8. The number of anilines is 1. The molecule has 0 heterocycles. The van der Waals surface area contributed by atoms with E-state index in [1.165, 1.54) is 12.0 Å². The molecule has 110 valence electrons. The summed E-state index contributed by atoms with van der Waals surface area (Å²) in [5.74, 6) is 1.22. The van der Waals surface area contributed by atoms with E-state index in [9.17, 15) is 4.79 Å². The molecule has 0 aromatic heterocycles. The molecule has 3 N–H and O–H groups in total. The van der Waals surface area contributed by atoms with Gasteiger partial charge in [0.25, 0.3) is 0 Å². The predicted molar refractivity (Wildman–Crippen MR) is 80.9 cm³/mol. The van der Waals surface area contributed by atoms with Gasteiger partial charge in [-0.2, -0.15) is 0 Å². The smallest absolute Gasteiger partial charge is 0.412 e. The largest absolute Gasteiger partial charge is 0.444 e. The third kappa shape index (κ3) is 3.73. The van der Waals surface area contributed by atoms with Crippen LogP contribution in [0.4, 0.5) is 10.5 Å². The summed E-state index contributed by atoms with van der Waals surface area (Å²) < 4.78 is 5.25. The van der Waals surface area contributed by atoms with Crippen LogP contribution in [0.5, 0.6) is 0 Å². The lowest BCUT2D eigenvalue weighted by molar-refractivity contribution is 0.0636. The van der Waals surface area contributed by atoms with Crippen molar-refractivity contribution in [2.24, 2.45) is 11.7 Å². The van der Waals surface area contributed by atoms with E-state index >= 15 is 0 Å². The molecule has 0 unspecified atom stereocenters. The normalized spacial score (nSPS) is 21.4. The second-order valence-electron chi connectivity index (χ2n) is 6.54. The Morgan fingerprint density at radius 3 is 2.65 bits per heavy atom. The number of aryl methyl sites for hydroxylation is 1. The van der Waals surface area contributed by atoms with Crippen LogP contribution in [-0.4, -0.2) is 18.2 Å². The Morgan fingerprint density at radius 1 is 1.45 bits per heavy atom. The van der Waals surface area contributed by atoms with E-state index in [1.54, 1.807) is 0 Å². The molecular weight excluding hydrogens is 252 g/mol. The summed E-state index contributed by atoms with van der Waals surface area (Å²) in [5.41, 5.74) is 8.36. The SMILES string of the molecule is Cc1cc([C@@H]2C[C@H]2CN)ccc1NC(=O)OC(C)(C)C. The molecular formula is C16H24N2O2. The number of rotatable bonds is 3. The van der Waals surface area contributed by atoms with Crippen LogP contribution in [0.2, 0.25) is 0 Å². The Balaban J connectivity index is 2.01. The maximum atomic E-state index is 11.8. The van der Waals surface area contributed by atoms with E-state index in [1.807, 2.05) is 33.8 Å². The van der Waals surface area contributed by atoms with Gasteiger partial charge < -0.3 is 10.5 Å². The Labute approximate surface area is 120 Å². The molecule has 1 amide bonds. The average molecular weight is 276 g/mol. The van der Waals surface area contributed by atoms with E-state index in [0.717, 1.165) is 17.8 Å². The van der Waals surface area contributed by atoms with Crippen molar-refractivity contribution >= 4 is 11.8 Å². The molecule has 0 radical (unpaired) electrons. The van der Waals surface area contributed by atoms with E-state index < -0.39 is 11.7 Å². The Morgan fingerprint density at radius 2 is 2.15 bits per heavy atom. The monoisotopic (exact) mass is 276 g/mol. The summed E-state index contributed by atoms with van der Waals surface area (Å²) in [6.45, 7) is 8.30. The fourth-order valence-electron chi connectivity index (χ4n) is 2.39. The first-order valence-electron chi connectivity index (χ1n) is 7.11. The number of benzene rings is 1. The second kappa shape index (κ2) is 5.44. The third-order valence-corrected chi connectivity index (χ3v) is 3.54. The molecule has 1 fully saturated rings. The number of nitrogens with two attached hydrogens (primary N) is 1. The zero-order valence-electron chi connectivity index (χ0n) is 12.7.